The van der Waals surface area contributed by atoms with Gasteiger partial charge in [-0.05, 0) is 17.7 Å². The first-order valence-electron chi connectivity index (χ1n) is 8.04. The molecule has 0 saturated heterocycles. The molecule has 1 N–H and O–H groups in total. The van der Waals surface area contributed by atoms with Gasteiger partial charge >= 0.3 is 0 Å². The summed E-state index contributed by atoms with van der Waals surface area (Å²) in [5.41, 5.74) is 1.98. The van der Waals surface area contributed by atoms with Gasteiger partial charge < -0.3 is 19.9 Å². The Kier molecular flexibility index (Phi) is 3.83. The quantitative estimate of drug-likeness (QED) is 0.944. The number of fused-ring (bicyclic) bond motifs is 1. The lowest BCUT2D eigenvalue weighted by Crippen LogP contribution is -2.45. The van der Waals surface area contributed by atoms with Crippen molar-refractivity contribution in [1.29, 1.82) is 0 Å². The van der Waals surface area contributed by atoms with Gasteiger partial charge in [0.15, 0.2) is 0 Å². The fourth-order valence-corrected chi connectivity index (χ4v) is 3.01. The Bertz CT molecular complexity index is 760. The molecule has 2 aromatic rings. The number of nitrogens with zero attached hydrogens (tertiary/aromatic N) is 2. The minimum atomic E-state index is -0.338. The largest absolute Gasteiger partial charge is 0.489 e. The van der Waals surface area contributed by atoms with Crippen molar-refractivity contribution < 1.29 is 9.53 Å². The molecule has 122 valence electrons. The molecular formula is C19H19N3O2. The highest BCUT2D eigenvalue weighted by Crippen LogP contribution is 2.27. The number of hydrogen-bond donors (Lipinski definition) is 1. The molecule has 1 amide bonds. The lowest BCUT2D eigenvalue weighted by atomic mass is 10.2. The van der Waals surface area contributed by atoms with E-state index in [4.69, 9.17) is 4.74 Å². The van der Waals surface area contributed by atoms with Crippen LogP contribution in [0.15, 0.2) is 67.0 Å². The monoisotopic (exact) mass is 321 g/mol. The zero-order valence-corrected chi connectivity index (χ0v) is 13.3. The van der Waals surface area contributed by atoms with Crippen LogP contribution in [0.3, 0.4) is 0 Å². The Labute approximate surface area is 141 Å². The van der Waals surface area contributed by atoms with Crippen molar-refractivity contribution >= 4 is 11.6 Å². The van der Waals surface area contributed by atoms with Gasteiger partial charge in [0, 0.05) is 18.9 Å². The van der Waals surface area contributed by atoms with Gasteiger partial charge in [0.25, 0.3) is 5.91 Å². The van der Waals surface area contributed by atoms with Gasteiger partial charge in [-0.2, -0.15) is 0 Å². The summed E-state index contributed by atoms with van der Waals surface area (Å²) >= 11 is 0. The number of carbonyl (C=O) groups is 1. The standard InChI is InChI=1S/C19H19N3O2/c23-19-17(13-24-18-9-5-4-8-16(18)20-19)22-11-10-21(14-22)12-15-6-2-1-3-7-15/h1-11,17H,12-14H2,(H,20,23). The molecule has 2 aliphatic heterocycles. The van der Waals surface area contributed by atoms with Crippen molar-refractivity contribution in [2.75, 3.05) is 18.6 Å². The molecule has 2 heterocycles. The fourth-order valence-electron chi connectivity index (χ4n) is 3.01. The zero-order valence-electron chi connectivity index (χ0n) is 13.3. The summed E-state index contributed by atoms with van der Waals surface area (Å²) in [6.07, 6.45) is 3.99. The first-order chi connectivity index (χ1) is 11.8. The van der Waals surface area contributed by atoms with E-state index in [1.807, 2.05) is 59.8 Å². The topological polar surface area (TPSA) is 44.8 Å². The molecular weight excluding hydrogens is 302 g/mol. The Balaban J connectivity index is 1.42. The number of nitrogens with one attached hydrogen (secondary N) is 1. The number of amides is 1. The van der Waals surface area contributed by atoms with Crippen molar-refractivity contribution in [2.24, 2.45) is 0 Å². The second kappa shape index (κ2) is 6.28. The maximum atomic E-state index is 12.5. The van der Waals surface area contributed by atoms with Gasteiger partial charge in [0.1, 0.15) is 18.4 Å². The molecule has 1 unspecified atom stereocenters. The summed E-state index contributed by atoms with van der Waals surface area (Å²) < 4.78 is 5.82. The summed E-state index contributed by atoms with van der Waals surface area (Å²) in [4.78, 5) is 16.7. The molecule has 2 aliphatic rings. The molecule has 5 nitrogen and oxygen atoms in total. The molecule has 1 atom stereocenters. The van der Waals surface area contributed by atoms with Crippen LogP contribution in [0.1, 0.15) is 5.56 Å². The van der Waals surface area contributed by atoms with E-state index in [1.54, 1.807) is 0 Å². The molecule has 0 aliphatic carbocycles. The Morgan fingerprint density at radius 2 is 1.83 bits per heavy atom. The summed E-state index contributed by atoms with van der Waals surface area (Å²) in [6.45, 7) is 1.84. The SMILES string of the molecule is O=C1Nc2ccccc2OCC1N1C=CN(Cc2ccccc2)C1. The van der Waals surface area contributed by atoms with E-state index >= 15 is 0 Å². The van der Waals surface area contributed by atoms with E-state index < -0.39 is 0 Å². The minimum absolute atomic E-state index is 0.0360. The zero-order chi connectivity index (χ0) is 16.4. The Morgan fingerprint density at radius 3 is 2.71 bits per heavy atom. The van der Waals surface area contributed by atoms with Crippen LogP contribution in [0.2, 0.25) is 0 Å². The third-order valence-electron chi connectivity index (χ3n) is 4.29. The smallest absolute Gasteiger partial charge is 0.250 e. The molecule has 2 aromatic carbocycles. The van der Waals surface area contributed by atoms with Crippen LogP contribution >= 0.6 is 0 Å². The molecule has 0 radical (unpaired) electrons. The first kappa shape index (κ1) is 14.6. The second-order valence-electron chi connectivity index (χ2n) is 6.00. The van der Waals surface area contributed by atoms with E-state index in [0.717, 1.165) is 18.0 Å². The average molecular weight is 321 g/mol. The van der Waals surface area contributed by atoms with Gasteiger partial charge in [0.05, 0.1) is 12.4 Å². The number of anilines is 1. The van der Waals surface area contributed by atoms with Gasteiger partial charge in [-0.3, -0.25) is 4.79 Å². The maximum Gasteiger partial charge on any atom is 0.250 e. The van der Waals surface area contributed by atoms with Crippen LogP contribution in [0.5, 0.6) is 5.75 Å². The third kappa shape index (κ3) is 2.93. The summed E-state index contributed by atoms with van der Waals surface area (Å²) in [7, 11) is 0. The highest BCUT2D eigenvalue weighted by molar-refractivity contribution is 5.97. The minimum Gasteiger partial charge on any atom is -0.489 e. The van der Waals surface area contributed by atoms with Gasteiger partial charge in [-0.15, -0.1) is 0 Å². The second-order valence-corrected chi connectivity index (χ2v) is 6.00. The molecule has 0 aromatic heterocycles. The van der Waals surface area contributed by atoms with Crippen LogP contribution in [0, 0.1) is 0 Å². The van der Waals surface area contributed by atoms with Crippen molar-refractivity contribution in [2.45, 2.75) is 12.6 Å². The molecule has 4 rings (SSSR count). The van der Waals surface area contributed by atoms with Gasteiger partial charge in [-0.1, -0.05) is 42.5 Å². The summed E-state index contributed by atoms with van der Waals surface area (Å²) in [6, 6.07) is 17.5. The Hall–Kier alpha value is -2.95. The maximum absolute atomic E-state index is 12.5. The van der Waals surface area contributed by atoms with E-state index in [0.29, 0.717) is 13.3 Å². The number of para-hydroxylation sites is 2. The fraction of sp³-hybridized carbons (Fsp3) is 0.211. The van der Waals surface area contributed by atoms with Crippen LogP contribution in [-0.2, 0) is 11.3 Å². The van der Waals surface area contributed by atoms with Gasteiger partial charge in [-0.25, -0.2) is 0 Å². The summed E-state index contributed by atoms with van der Waals surface area (Å²) in [5, 5.41) is 2.96. The van der Waals surface area contributed by atoms with E-state index in [1.165, 1.54) is 5.56 Å². The van der Waals surface area contributed by atoms with E-state index in [-0.39, 0.29) is 11.9 Å². The number of benzene rings is 2. The van der Waals surface area contributed by atoms with Crippen molar-refractivity contribution in [3.63, 3.8) is 0 Å². The molecule has 5 heteroatoms. The van der Waals surface area contributed by atoms with Gasteiger partial charge in [0.2, 0.25) is 0 Å². The van der Waals surface area contributed by atoms with Crippen LogP contribution < -0.4 is 10.1 Å². The normalized spacial score (nSPS) is 19.5. The molecule has 0 bridgehead atoms. The average Bonchev–Trinajstić information content (AvgIpc) is 2.98. The van der Waals surface area contributed by atoms with Crippen molar-refractivity contribution in [3.05, 3.63) is 72.6 Å². The lowest BCUT2D eigenvalue weighted by Gasteiger charge is -2.27. The lowest BCUT2D eigenvalue weighted by molar-refractivity contribution is -0.121. The molecule has 0 saturated carbocycles. The number of hydrogen-bond acceptors (Lipinski definition) is 4. The van der Waals surface area contributed by atoms with Crippen LogP contribution in [0.25, 0.3) is 0 Å². The predicted molar refractivity (Wildman–Crippen MR) is 92.2 cm³/mol. The highest BCUT2D eigenvalue weighted by Gasteiger charge is 2.31. The van der Waals surface area contributed by atoms with E-state index in [9.17, 15) is 4.79 Å². The van der Waals surface area contributed by atoms with Crippen molar-refractivity contribution in [1.82, 2.24) is 9.80 Å². The third-order valence-corrected chi connectivity index (χ3v) is 4.29. The molecule has 24 heavy (non-hydrogen) atoms. The highest BCUT2D eigenvalue weighted by atomic mass is 16.5. The predicted octanol–water partition coefficient (Wildman–Crippen LogP) is 2.63. The number of carbonyl (C=O) groups excluding carboxylic acids is 1. The summed E-state index contributed by atoms with van der Waals surface area (Å²) in [5.74, 6) is 0.684. The van der Waals surface area contributed by atoms with Crippen LogP contribution in [-0.4, -0.2) is 35.0 Å². The van der Waals surface area contributed by atoms with Crippen molar-refractivity contribution in [3.8, 4) is 5.75 Å². The molecule has 0 spiro atoms. The number of ether oxygens (including phenoxy) is 1. The first-order valence-corrected chi connectivity index (χ1v) is 8.04. The molecule has 0 fully saturated rings. The number of rotatable bonds is 3. The van der Waals surface area contributed by atoms with Crippen LogP contribution in [0.4, 0.5) is 5.69 Å². The van der Waals surface area contributed by atoms with E-state index in [2.05, 4.69) is 22.3 Å². The Morgan fingerprint density at radius 1 is 1.04 bits per heavy atom.